The monoisotopic (exact) mass is 394 g/mol. The molecule has 8 heteroatoms. The summed E-state index contributed by atoms with van der Waals surface area (Å²) in [6.07, 6.45) is 0.656. The van der Waals surface area contributed by atoms with Crippen molar-refractivity contribution in [3.63, 3.8) is 0 Å². The van der Waals surface area contributed by atoms with E-state index < -0.39 is 0 Å². The van der Waals surface area contributed by atoms with E-state index in [4.69, 9.17) is 0 Å². The molecule has 4 rings (SSSR count). The van der Waals surface area contributed by atoms with Crippen LogP contribution in [0.4, 0.5) is 5.69 Å². The highest BCUT2D eigenvalue weighted by molar-refractivity contribution is 5.98. The minimum absolute atomic E-state index is 0.0376. The fourth-order valence-electron chi connectivity index (χ4n) is 4.09. The summed E-state index contributed by atoms with van der Waals surface area (Å²) in [4.78, 5) is 35.1. The molecule has 8 nitrogen and oxygen atoms in total. The van der Waals surface area contributed by atoms with Crippen LogP contribution in [-0.4, -0.2) is 49.6 Å². The van der Waals surface area contributed by atoms with Gasteiger partial charge >= 0.3 is 0 Å². The number of nitrogens with zero attached hydrogens (tertiary/aromatic N) is 4. The number of fused-ring (bicyclic) bond motifs is 1. The molecular weight excluding hydrogens is 368 g/mol. The van der Waals surface area contributed by atoms with Crippen LogP contribution in [0.3, 0.4) is 0 Å². The summed E-state index contributed by atoms with van der Waals surface area (Å²) in [6.45, 7) is 9.41. The van der Waals surface area contributed by atoms with Crippen molar-refractivity contribution in [2.45, 2.75) is 40.7 Å². The lowest BCUT2D eigenvalue weighted by Crippen LogP contribution is -2.32. The summed E-state index contributed by atoms with van der Waals surface area (Å²) in [6, 6.07) is 5.62. The molecule has 0 bridgehead atoms. The molecule has 1 fully saturated rings. The normalized spacial score (nSPS) is 16.6. The molecule has 152 valence electrons. The fourth-order valence-corrected chi connectivity index (χ4v) is 4.09. The summed E-state index contributed by atoms with van der Waals surface area (Å²) in [5.74, 6) is 0.517. The zero-order valence-electron chi connectivity index (χ0n) is 17.2. The second-order valence-corrected chi connectivity index (χ2v) is 7.64. The molecule has 1 aliphatic rings. The van der Waals surface area contributed by atoms with Gasteiger partial charge in [0.15, 0.2) is 0 Å². The molecule has 0 spiro atoms. The molecule has 29 heavy (non-hydrogen) atoms. The number of aromatic nitrogens is 4. The van der Waals surface area contributed by atoms with Gasteiger partial charge in [0.2, 0.25) is 5.91 Å². The fraction of sp³-hybridized carbons (Fsp3) is 0.429. The predicted molar refractivity (Wildman–Crippen MR) is 111 cm³/mol. The smallest absolute Gasteiger partial charge is 0.257 e. The van der Waals surface area contributed by atoms with Crippen LogP contribution in [0.2, 0.25) is 0 Å². The molecule has 2 aromatic heterocycles. The van der Waals surface area contributed by atoms with Crippen LogP contribution in [-0.2, 0) is 11.3 Å². The molecule has 1 aromatic carbocycles. The van der Waals surface area contributed by atoms with Crippen LogP contribution in [0.5, 0.6) is 0 Å². The van der Waals surface area contributed by atoms with Crippen LogP contribution in [0.25, 0.3) is 11.0 Å². The van der Waals surface area contributed by atoms with E-state index in [9.17, 15) is 9.59 Å². The molecule has 0 aliphatic carbocycles. The van der Waals surface area contributed by atoms with Crippen molar-refractivity contribution in [3.05, 3.63) is 41.0 Å². The summed E-state index contributed by atoms with van der Waals surface area (Å²) in [7, 11) is 0. The number of aromatic amines is 1. The number of amides is 2. The second-order valence-electron chi connectivity index (χ2n) is 7.64. The Bertz CT molecular complexity index is 1100. The van der Waals surface area contributed by atoms with E-state index in [0.717, 1.165) is 40.5 Å². The van der Waals surface area contributed by atoms with Crippen LogP contribution in [0, 0.1) is 26.7 Å². The summed E-state index contributed by atoms with van der Waals surface area (Å²) in [5.41, 5.74) is 4.77. The quantitative estimate of drug-likeness (QED) is 0.711. The van der Waals surface area contributed by atoms with Crippen LogP contribution >= 0.6 is 0 Å². The van der Waals surface area contributed by atoms with Gasteiger partial charge in [0, 0.05) is 31.0 Å². The number of anilines is 1. The zero-order chi connectivity index (χ0) is 20.7. The zero-order valence-corrected chi connectivity index (χ0v) is 17.2. The topological polar surface area (TPSA) is 95.9 Å². The lowest BCUT2D eigenvalue weighted by atomic mass is 10.1. The maximum Gasteiger partial charge on any atom is 0.257 e. The molecular formula is C21H26N6O2. The van der Waals surface area contributed by atoms with Crippen molar-refractivity contribution < 1.29 is 9.59 Å². The minimum atomic E-state index is -0.222. The van der Waals surface area contributed by atoms with Crippen molar-refractivity contribution in [2.24, 2.45) is 5.92 Å². The predicted octanol–water partition coefficient (Wildman–Crippen LogP) is 2.81. The van der Waals surface area contributed by atoms with Gasteiger partial charge in [-0.25, -0.2) is 4.98 Å². The third kappa shape index (κ3) is 3.50. The SMILES string of the molecule is CCn1nc(C)c(C(=O)N2CCC(C(=O)Nc3ccc4nc(C)[nH]c4c3)C2)c1C. The Morgan fingerprint density at radius 1 is 1.28 bits per heavy atom. The van der Waals surface area contributed by atoms with Crippen molar-refractivity contribution >= 4 is 28.5 Å². The largest absolute Gasteiger partial charge is 0.342 e. The van der Waals surface area contributed by atoms with Crippen LogP contribution in [0.15, 0.2) is 18.2 Å². The standard InChI is InChI=1S/C21H26N6O2/c1-5-27-13(3)19(12(2)25-27)21(29)26-9-8-15(11-26)20(28)24-16-6-7-17-18(10-16)23-14(4)22-17/h6-7,10,15H,5,8-9,11H2,1-4H3,(H,22,23)(H,24,28). The number of rotatable bonds is 4. The highest BCUT2D eigenvalue weighted by Crippen LogP contribution is 2.24. The van der Waals surface area contributed by atoms with Gasteiger partial charge in [-0.2, -0.15) is 5.10 Å². The lowest BCUT2D eigenvalue weighted by molar-refractivity contribution is -0.119. The van der Waals surface area contributed by atoms with Crippen molar-refractivity contribution in [2.75, 3.05) is 18.4 Å². The van der Waals surface area contributed by atoms with Crippen LogP contribution in [0.1, 0.15) is 40.9 Å². The van der Waals surface area contributed by atoms with Gasteiger partial charge in [-0.05, 0) is 52.3 Å². The van der Waals surface area contributed by atoms with E-state index in [1.54, 1.807) is 4.90 Å². The number of aryl methyl sites for hydroxylation is 3. The van der Waals surface area contributed by atoms with E-state index in [0.29, 0.717) is 25.1 Å². The molecule has 1 unspecified atom stereocenters. The summed E-state index contributed by atoms with van der Waals surface area (Å²) < 4.78 is 1.84. The van der Waals surface area contributed by atoms with E-state index in [1.807, 2.05) is 50.6 Å². The first kappa shape index (κ1) is 19.2. The van der Waals surface area contributed by atoms with Crippen molar-refractivity contribution in [1.29, 1.82) is 0 Å². The van der Waals surface area contributed by atoms with E-state index >= 15 is 0 Å². The molecule has 1 atom stereocenters. The van der Waals surface area contributed by atoms with Crippen LogP contribution < -0.4 is 5.32 Å². The Hall–Kier alpha value is -3.16. The summed E-state index contributed by atoms with van der Waals surface area (Å²) in [5, 5.41) is 7.42. The van der Waals surface area contributed by atoms with E-state index in [-0.39, 0.29) is 17.7 Å². The number of carbonyl (C=O) groups excluding carboxylic acids is 2. The van der Waals surface area contributed by atoms with Gasteiger partial charge in [-0.15, -0.1) is 0 Å². The van der Waals surface area contributed by atoms with Gasteiger partial charge in [0.25, 0.3) is 5.91 Å². The number of nitrogens with one attached hydrogen (secondary N) is 2. The van der Waals surface area contributed by atoms with Gasteiger partial charge in [-0.1, -0.05) is 0 Å². The first-order chi connectivity index (χ1) is 13.9. The van der Waals surface area contributed by atoms with Crippen molar-refractivity contribution in [3.8, 4) is 0 Å². The van der Waals surface area contributed by atoms with Gasteiger partial charge in [0.05, 0.1) is 28.2 Å². The average Bonchev–Trinajstić information content (AvgIpc) is 3.37. The third-order valence-electron chi connectivity index (χ3n) is 5.61. The first-order valence-corrected chi connectivity index (χ1v) is 9.98. The Morgan fingerprint density at radius 3 is 2.79 bits per heavy atom. The Morgan fingerprint density at radius 2 is 2.07 bits per heavy atom. The van der Waals surface area contributed by atoms with Crippen molar-refractivity contribution in [1.82, 2.24) is 24.6 Å². The van der Waals surface area contributed by atoms with E-state index in [2.05, 4.69) is 20.4 Å². The first-order valence-electron chi connectivity index (χ1n) is 9.98. The number of hydrogen-bond acceptors (Lipinski definition) is 4. The molecule has 2 N–H and O–H groups in total. The number of carbonyl (C=O) groups is 2. The highest BCUT2D eigenvalue weighted by atomic mass is 16.2. The van der Waals surface area contributed by atoms with Gasteiger partial charge < -0.3 is 15.2 Å². The summed E-state index contributed by atoms with van der Waals surface area (Å²) >= 11 is 0. The molecule has 0 saturated carbocycles. The Kier molecular flexibility index (Phi) is 4.86. The third-order valence-corrected chi connectivity index (χ3v) is 5.61. The Balaban J connectivity index is 1.44. The maximum absolute atomic E-state index is 13.0. The van der Waals surface area contributed by atoms with E-state index in [1.165, 1.54) is 0 Å². The van der Waals surface area contributed by atoms with Gasteiger partial charge in [0.1, 0.15) is 5.82 Å². The molecule has 2 amide bonds. The highest BCUT2D eigenvalue weighted by Gasteiger charge is 2.33. The molecule has 1 saturated heterocycles. The average molecular weight is 394 g/mol. The number of imidazole rings is 1. The molecule has 3 aromatic rings. The number of benzene rings is 1. The lowest BCUT2D eigenvalue weighted by Gasteiger charge is -2.17. The molecule has 0 radical (unpaired) electrons. The number of hydrogen-bond donors (Lipinski definition) is 2. The number of H-pyrrole nitrogens is 1. The number of likely N-dealkylation sites (tertiary alicyclic amines) is 1. The molecule has 1 aliphatic heterocycles. The second kappa shape index (κ2) is 7.35. The maximum atomic E-state index is 13.0. The molecule has 3 heterocycles. The Labute approximate surface area is 169 Å². The van der Waals surface area contributed by atoms with Gasteiger partial charge in [-0.3, -0.25) is 14.3 Å². The minimum Gasteiger partial charge on any atom is -0.342 e.